The van der Waals surface area contributed by atoms with Gasteiger partial charge in [0, 0.05) is 0 Å². The van der Waals surface area contributed by atoms with Crippen molar-refractivity contribution in [2.24, 2.45) is 0 Å². The highest BCUT2D eigenvalue weighted by atomic mass is 14.2. The molecule has 14 aromatic rings. The van der Waals surface area contributed by atoms with E-state index in [0.717, 1.165) is 0 Å². The van der Waals surface area contributed by atoms with Crippen molar-refractivity contribution in [3.63, 3.8) is 0 Å². The van der Waals surface area contributed by atoms with Gasteiger partial charge in [-0.05, 0) is 155 Å². The van der Waals surface area contributed by atoms with Crippen LogP contribution in [0.4, 0.5) is 0 Å². The van der Waals surface area contributed by atoms with Gasteiger partial charge >= 0.3 is 0 Å². The first-order chi connectivity index (χ1) is 35.7. The van der Waals surface area contributed by atoms with E-state index in [4.69, 9.17) is 0 Å². The number of benzene rings is 14. The summed E-state index contributed by atoms with van der Waals surface area (Å²) in [6.45, 7) is 0. The summed E-state index contributed by atoms with van der Waals surface area (Å²) in [4.78, 5) is 0. The first-order valence-corrected chi connectivity index (χ1v) is 25.0. The van der Waals surface area contributed by atoms with Crippen molar-refractivity contribution in [2.45, 2.75) is 0 Å². The molecule has 0 amide bonds. The molecule has 0 saturated carbocycles. The van der Waals surface area contributed by atoms with Crippen molar-refractivity contribution < 1.29 is 0 Å². The van der Waals surface area contributed by atoms with Crippen molar-refractivity contribution in [3.8, 4) is 77.9 Å². The molecule has 0 aliphatic heterocycles. The average molecular weight is 911 g/mol. The molecule has 334 valence electrons. The quantitative estimate of drug-likeness (QED) is 0.140. The van der Waals surface area contributed by atoms with Gasteiger partial charge in [0.15, 0.2) is 0 Å². The number of hydrogen-bond acceptors (Lipinski definition) is 0. The Morgan fingerprint density at radius 2 is 0.431 bits per heavy atom. The van der Waals surface area contributed by atoms with Crippen LogP contribution in [-0.4, -0.2) is 0 Å². The molecule has 0 heteroatoms. The Hall–Kier alpha value is -9.36. The van der Waals surface area contributed by atoms with Crippen LogP contribution in [0, 0.1) is 0 Å². The summed E-state index contributed by atoms with van der Waals surface area (Å²) in [5.41, 5.74) is 17.3. The molecule has 0 spiro atoms. The minimum atomic E-state index is 1.20. The van der Waals surface area contributed by atoms with E-state index in [-0.39, 0.29) is 0 Å². The second-order valence-electron chi connectivity index (χ2n) is 19.1. The first kappa shape index (κ1) is 41.6. The molecule has 0 saturated heterocycles. The lowest BCUT2D eigenvalue weighted by atomic mass is 9.85. The minimum Gasteiger partial charge on any atom is -0.0622 e. The highest BCUT2D eigenvalue weighted by molar-refractivity contribution is 6.23. The van der Waals surface area contributed by atoms with E-state index >= 15 is 0 Å². The van der Waals surface area contributed by atoms with Gasteiger partial charge in [-0.1, -0.05) is 267 Å². The van der Waals surface area contributed by atoms with Gasteiger partial charge in [-0.25, -0.2) is 0 Å². The zero-order chi connectivity index (χ0) is 47.5. The molecular formula is C72H46. The normalized spacial score (nSPS) is 11.6. The molecule has 0 fully saturated rings. The molecule has 0 bridgehead atoms. The van der Waals surface area contributed by atoms with Gasteiger partial charge in [-0.15, -0.1) is 0 Å². The fourth-order valence-electron chi connectivity index (χ4n) is 11.8. The summed E-state index contributed by atoms with van der Waals surface area (Å²) >= 11 is 0. The molecule has 0 N–H and O–H groups in total. The van der Waals surface area contributed by atoms with Crippen molar-refractivity contribution in [2.75, 3.05) is 0 Å². The van der Waals surface area contributed by atoms with E-state index < -0.39 is 0 Å². The fourth-order valence-corrected chi connectivity index (χ4v) is 11.8. The second kappa shape index (κ2) is 17.2. The maximum Gasteiger partial charge on any atom is -0.00262 e. The summed E-state index contributed by atoms with van der Waals surface area (Å²) in [6.07, 6.45) is 0. The van der Waals surface area contributed by atoms with Gasteiger partial charge in [0.25, 0.3) is 0 Å². The van der Waals surface area contributed by atoms with E-state index in [2.05, 4.69) is 279 Å². The molecule has 14 rings (SSSR count). The highest BCUT2D eigenvalue weighted by Gasteiger charge is 2.20. The van der Waals surface area contributed by atoms with E-state index in [1.807, 2.05) is 0 Å². The molecule has 0 aliphatic carbocycles. The van der Waals surface area contributed by atoms with Crippen molar-refractivity contribution in [3.05, 3.63) is 279 Å². The third-order valence-corrected chi connectivity index (χ3v) is 15.1. The smallest absolute Gasteiger partial charge is 0.00262 e. The van der Waals surface area contributed by atoms with Gasteiger partial charge in [0.05, 0.1) is 0 Å². The summed E-state index contributed by atoms with van der Waals surface area (Å²) in [5.74, 6) is 0. The first-order valence-electron chi connectivity index (χ1n) is 25.0. The van der Waals surface area contributed by atoms with Crippen LogP contribution >= 0.6 is 0 Å². The number of fused-ring (bicyclic) bond motifs is 6. The molecule has 72 heavy (non-hydrogen) atoms. The lowest BCUT2D eigenvalue weighted by molar-refractivity contribution is 1.61. The van der Waals surface area contributed by atoms with Crippen LogP contribution in [0.5, 0.6) is 0 Å². The molecule has 0 nitrogen and oxygen atoms in total. The van der Waals surface area contributed by atoms with Crippen LogP contribution in [0.2, 0.25) is 0 Å². The summed E-state index contributed by atoms with van der Waals surface area (Å²) in [7, 11) is 0. The zero-order valence-electron chi connectivity index (χ0n) is 39.6. The van der Waals surface area contributed by atoms with Crippen molar-refractivity contribution in [1.82, 2.24) is 0 Å². The van der Waals surface area contributed by atoms with Crippen LogP contribution in [0.15, 0.2) is 279 Å². The third-order valence-electron chi connectivity index (χ3n) is 15.1. The fraction of sp³-hybridized carbons (Fsp3) is 0. The van der Waals surface area contributed by atoms with Crippen LogP contribution in [0.3, 0.4) is 0 Å². The Labute approximate surface area is 419 Å². The third kappa shape index (κ3) is 6.91. The molecule has 0 unspecified atom stereocenters. The molecule has 0 radical (unpaired) electrons. The molecule has 0 aromatic heterocycles. The highest BCUT2D eigenvalue weighted by Crippen LogP contribution is 2.47. The minimum absolute atomic E-state index is 1.20. The Balaban J connectivity index is 0.830. The summed E-state index contributed by atoms with van der Waals surface area (Å²) in [6, 6.07) is 103. The van der Waals surface area contributed by atoms with Crippen LogP contribution in [0.25, 0.3) is 143 Å². The van der Waals surface area contributed by atoms with E-state index in [1.54, 1.807) is 0 Å². The van der Waals surface area contributed by atoms with Gasteiger partial charge in [-0.2, -0.15) is 0 Å². The van der Waals surface area contributed by atoms with Gasteiger partial charge < -0.3 is 0 Å². The maximum atomic E-state index is 2.37. The topological polar surface area (TPSA) is 0 Å². The maximum absolute atomic E-state index is 2.37. The molecule has 0 heterocycles. The largest absolute Gasteiger partial charge is 0.0622 e. The van der Waals surface area contributed by atoms with E-state index in [1.165, 1.54) is 143 Å². The Morgan fingerprint density at radius 1 is 0.139 bits per heavy atom. The number of rotatable bonds is 7. The number of hydrogen-bond donors (Lipinski definition) is 0. The van der Waals surface area contributed by atoms with Crippen molar-refractivity contribution in [1.29, 1.82) is 0 Å². The molecule has 14 aromatic carbocycles. The summed E-state index contributed by atoms with van der Waals surface area (Å²) in [5, 5.41) is 15.1. The SMILES string of the molecule is c1ccc(-c2c3ccccc3c(-c3ccc(-c4ccc(-c5ccc(-c6c7ccccc7c(-c7cccc(-c8ccc9ccccc9c8)c7)c7ccccc67)cc5)c5ccccc45)cc3)c3ccccc23)cc1. The molecular weight excluding hydrogens is 865 g/mol. The molecule has 0 aliphatic rings. The predicted octanol–water partition coefficient (Wildman–Crippen LogP) is 20.3. The van der Waals surface area contributed by atoms with Crippen LogP contribution in [-0.2, 0) is 0 Å². The zero-order valence-corrected chi connectivity index (χ0v) is 39.6. The van der Waals surface area contributed by atoms with Crippen LogP contribution < -0.4 is 0 Å². The van der Waals surface area contributed by atoms with Gasteiger partial charge in [-0.3, -0.25) is 0 Å². The second-order valence-corrected chi connectivity index (χ2v) is 19.1. The monoisotopic (exact) mass is 910 g/mol. The van der Waals surface area contributed by atoms with Gasteiger partial charge in [0.2, 0.25) is 0 Å². The lowest BCUT2D eigenvalue weighted by Gasteiger charge is -2.19. The lowest BCUT2D eigenvalue weighted by Crippen LogP contribution is -1.92. The van der Waals surface area contributed by atoms with E-state index in [0.29, 0.717) is 0 Å². The summed E-state index contributed by atoms with van der Waals surface area (Å²) < 4.78 is 0. The molecule has 0 atom stereocenters. The van der Waals surface area contributed by atoms with Gasteiger partial charge in [0.1, 0.15) is 0 Å². The average Bonchev–Trinajstić information content (AvgIpc) is 3.46. The Kier molecular flexibility index (Phi) is 9.96. The predicted molar refractivity (Wildman–Crippen MR) is 310 cm³/mol. The van der Waals surface area contributed by atoms with E-state index in [9.17, 15) is 0 Å². The van der Waals surface area contributed by atoms with Crippen LogP contribution in [0.1, 0.15) is 0 Å². The Bertz CT molecular complexity index is 4290. The standard InChI is InChI=1S/C72H46/c1-2-18-50(19-3-1)69-61-25-8-10-27-63(61)70(64-28-11-9-26-62(64)69)51-38-34-48(35-39-51)57-43-44-58(60-24-7-6-23-59(57)60)49-36-40-52(41-37-49)71-65-29-12-14-31-67(65)72(68-32-15-13-30-66(68)71)56-22-16-21-54(46-56)55-42-33-47-17-4-5-20-53(47)45-55/h1-46H. The van der Waals surface area contributed by atoms with Crippen molar-refractivity contribution >= 4 is 64.6 Å². The Morgan fingerprint density at radius 3 is 0.875 bits per heavy atom.